The normalized spacial score (nSPS) is 12.5. The molecule has 0 saturated heterocycles. The number of carbonyl (C=O) groups is 3. The van der Waals surface area contributed by atoms with Crippen molar-refractivity contribution in [2.24, 2.45) is 0 Å². The van der Waals surface area contributed by atoms with Crippen molar-refractivity contribution >= 4 is 40.6 Å². The molecule has 0 saturated carbocycles. The van der Waals surface area contributed by atoms with Gasteiger partial charge in [-0.1, -0.05) is 11.6 Å². The van der Waals surface area contributed by atoms with Gasteiger partial charge in [0.2, 0.25) is 0 Å². The van der Waals surface area contributed by atoms with Gasteiger partial charge in [-0.25, -0.2) is 4.39 Å². The lowest BCUT2D eigenvalue weighted by atomic mass is 10.1. The van der Waals surface area contributed by atoms with Crippen molar-refractivity contribution in [3.05, 3.63) is 107 Å². The quantitative estimate of drug-likeness (QED) is 0.299. The van der Waals surface area contributed by atoms with Crippen LogP contribution in [-0.4, -0.2) is 30.8 Å². The van der Waals surface area contributed by atoms with Gasteiger partial charge >= 0.3 is 0 Å². The third-order valence-corrected chi connectivity index (χ3v) is 5.96. The number of nitrogens with one attached hydrogen (secondary N) is 1. The number of benzene rings is 3. The topological polar surface area (TPSA) is 98.1 Å². The van der Waals surface area contributed by atoms with E-state index in [1.807, 2.05) is 0 Å². The molecule has 2 heterocycles. The van der Waals surface area contributed by atoms with Crippen LogP contribution in [0.4, 0.5) is 15.8 Å². The Balaban J connectivity index is 1.29. The van der Waals surface area contributed by atoms with Crippen LogP contribution in [0.3, 0.4) is 0 Å². The third-order valence-electron chi connectivity index (χ3n) is 5.71. The molecule has 0 bridgehead atoms. The number of ether oxygens (including phenoxy) is 2. The number of ketones is 1. The average molecular weight is 535 g/mol. The Bertz CT molecular complexity index is 1500. The number of hydrogen-bond acceptors (Lipinski definition) is 6. The molecule has 192 valence electrons. The van der Waals surface area contributed by atoms with E-state index in [1.54, 1.807) is 48.5 Å². The van der Waals surface area contributed by atoms with Gasteiger partial charge in [0, 0.05) is 16.3 Å². The molecule has 1 aliphatic rings. The highest BCUT2D eigenvalue weighted by molar-refractivity contribution is 6.30. The first-order chi connectivity index (χ1) is 18.4. The Morgan fingerprint density at radius 1 is 1.00 bits per heavy atom. The van der Waals surface area contributed by atoms with Crippen molar-refractivity contribution in [2.45, 2.75) is 6.54 Å². The Labute approximate surface area is 221 Å². The number of Topliss-reactive ketones (excluding diaryl/α,β-unsaturated/α-hetero) is 1. The van der Waals surface area contributed by atoms with Crippen molar-refractivity contribution < 1.29 is 32.7 Å². The Kier molecular flexibility index (Phi) is 7.10. The lowest BCUT2D eigenvalue weighted by Crippen LogP contribution is -2.38. The van der Waals surface area contributed by atoms with Gasteiger partial charge in [-0.15, -0.1) is 0 Å². The van der Waals surface area contributed by atoms with Crippen LogP contribution < -0.4 is 19.7 Å². The van der Waals surface area contributed by atoms with Crippen molar-refractivity contribution in [1.29, 1.82) is 0 Å². The van der Waals surface area contributed by atoms with E-state index in [9.17, 15) is 18.8 Å². The maximum atomic E-state index is 13.1. The van der Waals surface area contributed by atoms with Crippen LogP contribution in [-0.2, 0) is 11.3 Å². The zero-order chi connectivity index (χ0) is 26.6. The number of halogens is 2. The fourth-order valence-corrected chi connectivity index (χ4v) is 3.90. The van der Waals surface area contributed by atoms with Crippen molar-refractivity contribution in [3.63, 3.8) is 0 Å². The molecule has 0 fully saturated rings. The molecule has 38 heavy (non-hydrogen) atoms. The molecule has 8 nitrogen and oxygen atoms in total. The Morgan fingerprint density at radius 3 is 2.53 bits per heavy atom. The van der Waals surface area contributed by atoms with E-state index in [0.29, 0.717) is 39.2 Å². The van der Waals surface area contributed by atoms with E-state index < -0.39 is 11.7 Å². The Morgan fingerprint density at radius 2 is 1.76 bits per heavy atom. The number of hydrogen-bond donors (Lipinski definition) is 1. The highest BCUT2D eigenvalue weighted by Crippen LogP contribution is 2.34. The summed E-state index contributed by atoms with van der Waals surface area (Å²) in [5, 5.41) is 3.17. The summed E-state index contributed by atoms with van der Waals surface area (Å²) >= 11 is 5.87. The Hall–Kier alpha value is -4.63. The van der Waals surface area contributed by atoms with Crippen LogP contribution in [0.1, 0.15) is 26.7 Å². The second-order valence-electron chi connectivity index (χ2n) is 8.34. The van der Waals surface area contributed by atoms with Crippen LogP contribution >= 0.6 is 11.6 Å². The van der Waals surface area contributed by atoms with E-state index in [4.69, 9.17) is 25.5 Å². The second-order valence-corrected chi connectivity index (χ2v) is 8.78. The van der Waals surface area contributed by atoms with Crippen LogP contribution in [0.15, 0.2) is 83.3 Å². The van der Waals surface area contributed by atoms with E-state index in [2.05, 4.69) is 5.32 Å². The monoisotopic (exact) mass is 534 g/mol. The number of furan rings is 1. The van der Waals surface area contributed by atoms with Gasteiger partial charge in [0.25, 0.3) is 11.8 Å². The first-order valence-corrected chi connectivity index (χ1v) is 11.9. The summed E-state index contributed by atoms with van der Waals surface area (Å²) in [6.07, 6.45) is 0. The van der Waals surface area contributed by atoms with Gasteiger partial charge in [-0.2, -0.15) is 0 Å². The van der Waals surface area contributed by atoms with E-state index in [-0.39, 0.29) is 37.2 Å². The SMILES string of the molecule is O=C(COc1ccc(Cl)cc1)c1ccc2c(c1)N(Cc1ccc(C(=O)Nc3ccc(F)cc3)o1)C(=O)CO2. The zero-order valence-corrected chi connectivity index (χ0v) is 20.5. The predicted octanol–water partition coefficient (Wildman–Crippen LogP) is 5.51. The van der Waals surface area contributed by atoms with Gasteiger partial charge in [-0.3, -0.25) is 19.3 Å². The number of nitrogens with zero attached hydrogens (tertiary/aromatic N) is 1. The number of fused-ring (bicyclic) bond motifs is 1. The standard InChI is InChI=1S/C28H20ClFN2O6/c29-18-2-8-21(9-3-18)36-15-24(33)17-1-11-25-23(13-17)32(27(34)16-37-25)14-22-10-12-26(38-22)28(35)31-20-6-4-19(30)5-7-20/h1-13H,14-16H2,(H,31,35). The molecule has 0 unspecified atom stereocenters. The van der Waals surface area contributed by atoms with Crippen molar-refractivity contribution in [1.82, 2.24) is 0 Å². The van der Waals surface area contributed by atoms with Gasteiger partial charge in [0.05, 0.1) is 12.2 Å². The van der Waals surface area contributed by atoms with Crippen molar-refractivity contribution in [3.8, 4) is 11.5 Å². The smallest absolute Gasteiger partial charge is 0.291 e. The number of anilines is 2. The number of rotatable bonds is 8. The van der Waals surface area contributed by atoms with Crippen LogP contribution in [0, 0.1) is 5.82 Å². The summed E-state index contributed by atoms with van der Waals surface area (Å²) in [5.74, 6) is -0.278. The highest BCUT2D eigenvalue weighted by Gasteiger charge is 2.28. The molecule has 3 aromatic carbocycles. The fourth-order valence-electron chi connectivity index (χ4n) is 3.78. The van der Waals surface area contributed by atoms with Crippen LogP contribution in [0.5, 0.6) is 11.5 Å². The molecule has 10 heteroatoms. The number of amides is 2. The first kappa shape index (κ1) is 25.0. The molecular weight excluding hydrogens is 515 g/mol. The lowest BCUT2D eigenvalue weighted by Gasteiger charge is -2.29. The third kappa shape index (κ3) is 5.68. The molecule has 0 radical (unpaired) electrons. The average Bonchev–Trinajstić information content (AvgIpc) is 3.40. The highest BCUT2D eigenvalue weighted by atomic mass is 35.5. The lowest BCUT2D eigenvalue weighted by molar-refractivity contribution is -0.121. The summed E-state index contributed by atoms with van der Waals surface area (Å²) < 4.78 is 29.8. The molecule has 0 spiro atoms. The maximum Gasteiger partial charge on any atom is 0.291 e. The van der Waals surface area contributed by atoms with Gasteiger partial charge < -0.3 is 19.2 Å². The second kappa shape index (κ2) is 10.8. The molecule has 1 aromatic heterocycles. The van der Waals surface area contributed by atoms with E-state index in [0.717, 1.165) is 0 Å². The largest absolute Gasteiger partial charge is 0.485 e. The van der Waals surface area contributed by atoms with Crippen molar-refractivity contribution in [2.75, 3.05) is 23.4 Å². The summed E-state index contributed by atoms with van der Waals surface area (Å²) in [7, 11) is 0. The maximum absolute atomic E-state index is 13.1. The van der Waals surface area contributed by atoms with E-state index >= 15 is 0 Å². The zero-order valence-electron chi connectivity index (χ0n) is 19.8. The minimum Gasteiger partial charge on any atom is -0.485 e. The predicted molar refractivity (Wildman–Crippen MR) is 137 cm³/mol. The summed E-state index contributed by atoms with van der Waals surface area (Å²) in [5.41, 5.74) is 1.14. The first-order valence-electron chi connectivity index (χ1n) is 11.5. The van der Waals surface area contributed by atoms with E-state index in [1.165, 1.54) is 35.2 Å². The molecule has 1 N–H and O–H groups in total. The molecule has 1 aliphatic heterocycles. The molecule has 4 aromatic rings. The minimum absolute atomic E-state index is 0.0118. The summed E-state index contributed by atoms with van der Waals surface area (Å²) in [4.78, 5) is 39.4. The fraction of sp³-hybridized carbons (Fsp3) is 0.107. The van der Waals surface area contributed by atoms with Gasteiger partial charge in [0.15, 0.2) is 24.8 Å². The van der Waals surface area contributed by atoms with Crippen LogP contribution in [0.25, 0.3) is 0 Å². The minimum atomic E-state index is -0.523. The number of carbonyl (C=O) groups excluding carboxylic acids is 3. The summed E-state index contributed by atoms with van der Waals surface area (Å²) in [6.45, 7) is -0.379. The van der Waals surface area contributed by atoms with Gasteiger partial charge in [0.1, 0.15) is 23.1 Å². The summed E-state index contributed by atoms with van der Waals surface area (Å²) in [6, 6.07) is 19.8. The molecule has 0 aliphatic carbocycles. The molecule has 5 rings (SSSR count). The molecule has 0 atom stereocenters. The molecular formula is C28H20ClFN2O6. The molecule has 2 amide bonds. The van der Waals surface area contributed by atoms with Crippen LogP contribution in [0.2, 0.25) is 5.02 Å². The van der Waals surface area contributed by atoms with Gasteiger partial charge in [-0.05, 0) is 78.9 Å².